The molecule has 102 valence electrons. The molecule has 2 unspecified atom stereocenters. The Hall–Kier alpha value is 0.0700. The highest BCUT2D eigenvalue weighted by atomic mass is 35.5. The molecule has 0 amide bonds. The molecule has 0 radical (unpaired) electrons. The van der Waals surface area contributed by atoms with E-state index >= 15 is 0 Å². The molecule has 18 heavy (non-hydrogen) atoms. The van der Waals surface area contributed by atoms with Gasteiger partial charge in [0.1, 0.15) is 0 Å². The third-order valence-corrected chi connectivity index (χ3v) is 4.97. The van der Waals surface area contributed by atoms with Crippen LogP contribution in [0.25, 0.3) is 0 Å². The van der Waals surface area contributed by atoms with Gasteiger partial charge in [-0.2, -0.15) is 11.8 Å². The Morgan fingerprint density at radius 1 is 1.39 bits per heavy atom. The van der Waals surface area contributed by atoms with E-state index in [-0.39, 0.29) is 6.04 Å². The molecule has 0 aliphatic rings. The Balaban J connectivity index is 2.59. The Kier molecular flexibility index (Phi) is 7.42. The van der Waals surface area contributed by atoms with Crippen molar-refractivity contribution >= 4 is 35.0 Å². The van der Waals surface area contributed by atoms with E-state index in [1.54, 1.807) is 6.07 Å². The molecular formula is C13H20Cl2N2S. The van der Waals surface area contributed by atoms with Crippen molar-refractivity contribution in [2.75, 3.05) is 5.75 Å². The molecule has 2 nitrogen and oxygen atoms in total. The third-order valence-electron chi connectivity index (χ3n) is 2.87. The fourth-order valence-corrected chi connectivity index (χ4v) is 2.93. The van der Waals surface area contributed by atoms with Crippen molar-refractivity contribution in [3.05, 3.63) is 33.8 Å². The summed E-state index contributed by atoms with van der Waals surface area (Å²) < 4.78 is 0. The van der Waals surface area contributed by atoms with Gasteiger partial charge in [0, 0.05) is 27.1 Å². The first-order chi connectivity index (χ1) is 8.56. The topological polar surface area (TPSA) is 38.0 Å². The lowest BCUT2D eigenvalue weighted by Gasteiger charge is -2.18. The molecule has 3 N–H and O–H groups in total. The molecule has 0 aliphatic heterocycles. The van der Waals surface area contributed by atoms with Gasteiger partial charge >= 0.3 is 0 Å². The molecule has 0 aliphatic carbocycles. The van der Waals surface area contributed by atoms with Crippen molar-refractivity contribution in [1.29, 1.82) is 0 Å². The average Bonchev–Trinajstić information content (AvgIpc) is 2.37. The van der Waals surface area contributed by atoms with Crippen LogP contribution in [0.2, 0.25) is 10.0 Å². The zero-order valence-electron chi connectivity index (χ0n) is 10.7. The van der Waals surface area contributed by atoms with Gasteiger partial charge in [0.2, 0.25) is 0 Å². The minimum Gasteiger partial charge on any atom is -0.271 e. The summed E-state index contributed by atoms with van der Waals surface area (Å²) in [6, 6.07) is 5.74. The predicted octanol–water partition coefficient (Wildman–Crippen LogP) is 3.90. The van der Waals surface area contributed by atoms with Crippen molar-refractivity contribution in [3.8, 4) is 0 Å². The summed E-state index contributed by atoms with van der Waals surface area (Å²) in [6.07, 6.45) is 1.96. The first-order valence-electron chi connectivity index (χ1n) is 6.08. The highest BCUT2D eigenvalue weighted by Crippen LogP contribution is 2.23. The largest absolute Gasteiger partial charge is 0.271 e. The van der Waals surface area contributed by atoms with Gasteiger partial charge in [-0.15, -0.1) is 0 Å². The number of nitrogens with one attached hydrogen (secondary N) is 1. The van der Waals surface area contributed by atoms with Crippen molar-refractivity contribution in [1.82, 2.24) is 5.43 Å². The number of halogens is 2. The molecule has 0 saturated heterocycles. The lowest BCUT2D eigenvalue weighted by Crippen LogP contribution is -2.39. The van der Waals surface area contributed by atoms with Crippen LogP contribution in [0.5, 0.6) is 0 Å². The molecule has 0 spiro atoms. The van der Waals surface area contributed by atoms with Crippen LogP contribution in [0.1, 0.15) is 25.8 Å². The fourth-order valence-electron chi connectivity index (χ4n) is 1.53. The summed E-state index contributed by atoms with van der Waals surface area (Å²) in [7, 11) is 0. The van der Waals surface area contributed by atoms with Crippen molar-refractivity contribution < 1.29 is 0 Å². The van der Waals surface area contributed by atoms with Gasteiger partial charge in [-0.1, -0.05) is 37.0 Å². The van der Waals surface area contributed by atoms with Crippen molar-refractivity contribution in [2.24, 2.45) is 5.84 Å². The summed E-state index contributed by atoms with van der Waals surface area (Å²) >= 11 is 14.1. The first kappa shape index (κ1) is 16.1. The van der Waals surface area contributed by atoms with Gasteiger partial charge in [-0.3, -0.25) is 11.3 Å². The van der Waals surface area contributed by atoms with Gasteiger partial charge in [0.05, 0.1) is 0 Å². The SMILES string of the molecule is CCC(C)SCC(Cc1cc(Cl)ccc1Cl)NN. The smallest absolute Gasteiger partial charge is 0.0439 e. The number of nitrogens with two attached hydrogens (primary N) is 1. The maximum absolute atomic E-state index is 6.15. The maximum atomic E-state index is 6.15. The van der Waals surface area contributed by atoms with Crippen LogP contribution in [0.4, 0.5) is 0 Å². The average molecular weight is 307 g/mol. The molecule has 0 fully saturated rings. The van der Waals surface area contributed by atoms with Crippen molar-refractivity contribution in [2.45, 2.75) is 38.0 Å². The van der Waals surface area contributed by atoms with E-state index in [2.05, 4.69) is 19.3 Å². The molecule has 0 aromatic heterocycles. The van der Waals surface area contributed by atoms with Crippen LogP contribution in [-0.2, 0) is 6.42 Å². The second kappa shape index (κ2) is 8.28. The number of hydrazine groups is 1. The third kappa shape index (κ3) is 5.37. The van der Waals surface area contributed by atoms with E-state index in [0.29, 0.717) is 10.3 Å². The van der Waals surface area contributed by atoms with Gasteiger partial charge in [0.25, 0.3) is 0 Å². The molecule has 0 heterocycles. The molecule has 0 saturated carbocycles. The lowest BCUT2D eigenvalue weighted by atomic mass is 10.1. The monoisotopic (exact) mass is 306 g/mol. The highest BCUT2D eigenvalue weighted by molar-refractivity contribution is 7.99. The zero-order valence-corrected chi connectivity index (χ0v) is 13.1. The summed E-state index contributed by atoms with van der Waals surface area (Å²) in [5.41, 5.74) is 3.89. The number of thioether (sulfide) groups is 1. The summed E-state index contributed by atoms with van der Waals surface area (Å²) in [5.74, 6) is 6.56. The Labute approximate surface area is 124 Å². The maximum Gasteiger partial charge on any atom is 0.0439 e. The van der Waals surface area contributed by atoms with Crippen LogP contribution in [0, 0.1) is 0 Å². The number of benzene rings is 1. The highest BCUT2D eigenvalue weighted by Gasteiger charge is 2.12. The van der Waals surface area contributed by atoms with Crippen LogP contribution in [0.15, 0.2) is 18.2 Å². The van der Waals surface area contributed by atoms with Gasteiger partial charge < -0.3 is 0 Å². The second-order valence-corrected chi connectivity index (χ2v) is 6.67. The van der Waals surface area contributed by atoms with Crippen LogP contribution >= 0.6 is 35.0 Å². The molecule has 2 atom stereocenters. The summed E-state index contributed by atoms with van der Waals surface area (Å²) in [4.78, 5) is 0. The Morgan fingerprint density at radius 2 is 2.11 bits per heavy atom. The molecule has 0 bridgehead atoms. The minimum absolute atomic E-state index is 0.208. The van der Waals surface area contributed by atoms with Crippen LogP contribution in [0.3, 0.4) is 0 Å². The fraction of sp³-hybridized carbons (Fsp3) is 0.538. The second-order valence-electron chi connectivity index (χ2n) is 4.36. The minimum atomic E-state index is 0.208. The standard InChI is InChI=1S/C13H20Cl2N2S/c1-3-9(2)18-8-12(17-16)7-10-6-11(14)4-5-13(10)15/h4-6,9,12,17H,3,7-8,16H2,1-2H3. The molecule has 1 aromatic rings. The number of rotatable bonds is 7. The van der Waals surface area contributed by atoms with Crippen molar-refractivity contribution in [3.63, 3.8) is 0 Å². The van der Waals surface area contributed by atoms with E-state index < -0.39 is 0 Å². The van der Waals surface area contributed by atoms with E-state index in [0.717, 1.165) is 22.8 Å². The zero-order chi connectivity index (χ0) is 13.5. The van der Waals surface area contributed by atoms with Gasteiger partial charge in [-0.25, -0.2) is 0 Å². The van der Waals surface area contributed by atoms with Gasteiger partial charge in [0.15, 0.2) is 0 Å². The first-order valence-corrected chi connectivity index (χ1v) is 7.89. The molecular weight excluding hydrogens is 287 g/mol. The van der Waals surface area contributed by atoms with Crippen LogP contribution in [-0.4, -0.2) is 17.0 Å². The van der Waals surface area contributed by atoms with E-state index in [1.165, 1.54) is 6.42 Å². The van der Waals surface area contributed by atoms with E-state index in [1.807, 2.05) is 23.9 Å². The normalized spacial score (nSPS) is 14.5. The van der Waals surface area contributed by atoms with E-state index in [9.17, 15) is 0 Å². The Morgan fingerprint density at radius 3 is 2.72 bits per heavy atom. The number of hydrogen-bond donors (Lipinski definition) is 2. The predicted molar refractivity (Wildman–Crippen MR) is 83.5 cm³/mol. The number of hydrogen-bond acceptors (Lipinski definition) is 3. The quantitative estimate of drug-likeness (QED) is 0.593. The van der Waals surface area contributed by atoms with Gasteiger partial charge in [-0.05, 0) is 36.6 Å². The summed E-state index contributed by atoms with van der Waals surface area (Å²) in [5, 5.41) is 2.10. The molecule has 1 rings (SSSR count). The summed E-state index contributed by atoms with van der Waals surface area (Å²) in [6.45, 7) is 4.42. The lowest BCUT2D eigenvalue weighted by molar-refractivity contribution is 0.574. The van der Waals surface area contributed by atoms with Crippen LogP contribution < -0.4 is 11.3 Å². The van der Waals surface area contributed by atoms with E-state index in [4.69, 9.17) is 29.0 Å². The molecule has 5 heteroatoms. The molecule has 1 aromatic carbocycles. The Bertz CT molecular complexity index is 374.